The lowest BCUT2D eigenvalue weighted by Gasteiger charge is -2.32. The molecule has 3 heteroatoms. The zero-order valence-corrected chi connectivity index (χ0v) is 22.8. The van der Waals surface area contributed by atoms with Crippen LogP contribution >= 0.6 is 11.6 Å². The summed E-state index contributed by atoms with van der Waals surface area (Å²) in [5.74, 6) is 0. The Morgan fingerprint density at radius 3 is 2.37 bits per heavy atom. The van der Waals surface area contributed by atoms with Crippen molar-refractivity contribution >= 4 is 28.7 Å². The van der Waals surface area contributed by atoms with Gasteiger partial charge in [-0.15, -0.1) is 0 Å². The van der Waals surface area contributed by atoms with E-state index in [9.17, 15) is 0 Å². The third kappa shape index (κ3) is 3.91. The normalized spacial score (nSPS) is 24.0. The molecule has 5 rings (SSSR count). The fraction of sp³-hybridized carbons (Fsp3) is 0.406. The van der Waals surface area contributed by atoms with Gasteiger partial charge in [0.05, 0.1) is 5.41 Å². The molecule has 0 saturated carbocycles. The van der Waals surface area contributed by atoms with E-state index >= 15 is 0 Å². The molecule has 0 spiro atoms. The highest BCUT2D eigenvalue weighted by atomic mass is 35.5. The minimum Gasteiger partial charge on any atom is -0.370 e. The van der Waals surface area contributed by atoms with E-state index in [2.05, 4.69) is 118 Å². The largest absolute Gasteiger partial charge is 0.370 e. The molecule has 2 aliphatic heterocycles. The molecular formula is C32H38ClN2+. The van der Waals surface area contributed by atoms with Crippen molar-refractivity contribution in [1.29, 1.82) is 0 Å². The molecule has 0 saturated heterocycles. The Morgan fingerprint density at radius 1 is 0.971 bits per heavy atom. The number of hydrogen-bond acceptors (Lipinski definition) is 1. The SMILES string of the molecule is CN1c2ccccc2C(C)(C)C1C/C=C1\CCCC(/C=C/C2=[N+](C)c3ccccc3C2(C)C)=C1Cl. The van der Waals surface area contributed by atoms with Crippen molar-refractivity contribution in [2.75, 3.05) is 19.0 Å². The summed E-state index contributed by atoms with van der Waals surface area (Å²) in [6.07, 6.45) is 11.2. The summed E-state index contributed by atoms with van der Waals surface area (Å²) in [4.78, 5) is 2.46. The molecule has 35 heavy (non-hydrogen) atoms. The van der Waals surface area contributed by atoms with E-state index < -0.39 is 0 Å². The lowest BCUT2D eigenvalue weighted by Crippen LogP contribution is -2.38. The first-order valence-electron chi connectivity index (χ1n) is 12.9. The van der Waals surface area contributed by atoms with Crippen molar-refractivity contribution in [1.82, 2.24) is 0 Å². The number of likely N-dealkylation sites (N-methyl/N-ethyl adjacent to an activating group) is 1. The Balaban J connectivity index is 1.39. The van der Waals surface area contributed by atoms with Gasteiger partial charge < -0.3 is 4.90 Å². The van der Waals surface area contributed by atoms with Gasteiger partial charge in [0.25, 0.3) is 0 Å². The van der Waals surface area contributed by atoms with E-state index in [0.29, 0.717) is 6.04 Å². The Morgan fingerprint density at radius 2 is 1.66 bits per heavy atom. The fourth-order valence-corrected chi connectivity index (χ4v) is 6.92. The van der Waals surface area contributed by atoms with Crippen LogP contribution in [0.4, 0.5) is 11.4 Å². The number of halogens is 1. The molecule has 1 aliphatic carbocycles. The second-order valence-electron chi connectivity index (χ2n) is 11.4. The van der Waals surface area contributed by atoms with Gasteiger partial charge in [-0.25, -0.2) is 0 Å². The van der Waals surface area contributed by atoms with Crippen molar-refractivity contribution < 1.29 is 4.58 Å². The molecule has 2 heterocycles. The van der Waals surface area contributed by atoms with Gasteiger partial charge in [-0.05, 0) is 62.3 Å². The number of nitrogens with zero attached hydrogens (tertiary/aromatic N) is 2. The van der Waals surface area contributed by atoms with Crippen molar-refractivity contribution in [3.8, 4) is 0 Å². The molecule has 0 N–H and O–H groups in total. The molecule has 1 atom stereocenters. The lowest BCUT2D eigenvalue weighted by atomic mass is 9.78. The molecule has 1 unspecified atom stereocenters. The summed E-state index contributed by atoms with van der Waals surface area (Å²) in [6, 6.07) is 18.0. The summed E-state index contributed by atoms with van der Waals surface area (Å²) >= 11 is 7.04. The van der Waals surface area contributed by atoms with Gasteiger partial charge in [0, 0.05) is 46.9 Å². The Labute approximate surface area is 216 Å². The molecule has 2 aromatic rings. The smallest absolute Gasteiger partial charge is 0.209 e. The Kier molecular flexibility index (Phi) is 6.08. The van der Waals surface area contributed by atoms with Crippen molar-refractivity contribution in [2.45, 2.75) is 70.3 Å². The van der Waals surface area contributed by atoms with Gasteiger partial charge in [-0.3, -0.25) is 0 Å². The number of rotatable bonds is 4. The van der Waals surface area contributed by atoms with Crippen LogP contribution < -0.4 is 4.90 Å². The molecule has 0 bridgehead atoms. The molecular weight excluding hydrogens is 448 g/mol. The van der Waals surface area contributed by atoms with Crippen LogP contribution in [0.15, 0.2) is 82.9 Å². The van der Waals surface area contributed by atoms with Crippen LogP contribution in [-0.2, 0) is 10.8 Å². The van der Waals surface area contributed by atoms with Gasteiger partial charge in [-0.1, -0.05) is 74.0 Å². The van der Waals surface area contributed by atoms with E-state index in [-0.39, 0.29) is 10.8 Å². The Hall–Kier alpha value is -2.58. The quantitative estimate of drug-likeness (QED) is 0.397. The highest BCUT2D eigenvalue weighted by Gasteiger charge is 2.43. The van der Waals surface area contributed by atoms with E-state index in [1.165, 1.54) is 39.4 Å². The van der Waals surface area contributed by atoms with Gasteiger partial charge in [0.2, 0.25) is 5.69 Å². The number of anilines is 1. The lowest BCUT2D eigenvalue weighted by molar-refractivity contribution is -0.401. The van der Waals surface area contributed by atoms with Crippen LogP contribution in [0, 0.1) is 0 Å². The first-order valence-corrected chi connectivity index (χ1v) is 13.3. The van der Waals surface area contributed by atoms with E-state index in [4.69, 9.17) is 11.6 Å². The monoisotopic (exact) mass is 485 g/mol. The maximum atomic E-state index is 7.04. The first kappa shape index (κ1) is 24.1. The van der Waals surface area contributed by atoms with Crippen LogP contribution in [0.5, 0.6) is 0 Å². The number of allylic oxidation sites excluding steroid dienone is 5. The average Bonchev–Trinajstić information content (AvgIpc) is 3.16. The molecule has 0 radical (unpaired) electrons. The molecule has 3 aliphatic rings. The summed E-state index contributed by atoms with van der Waals surface area (Å²) in [5, 5.41) is 0.958. The number of para-hydroxylation sites is 2. The van der Waals surface area contributed by atoms with Gasteiger partial charge in [0.15, 0.2) is 5.71 Å². The van der Waals surface area contributed by atoms with Crippen molar-refractivity contribution in [3.05, 3.63) is 94.1 Å². The van der Waals surface area contributed by atoms with E-state index in [1.54, 1.807) is 0 Å². The van der Waals surface area contributed by atoms with Gasteiger partial charge in [-0.2, -0.15) is 4.58 Å². The number of fused-ring (bicyclic) bond motifs is 2. The second kappa shape index (κ2) is 8.82. The minimum absolute atomic E-state index is 0.0180. The predicted molar refractivity (Wildman–Crippen MR) is 151 cm³/mol. The molecule has 2 aromatic carbocycles. The standard InChI is InChI=1S/C32H38ClN2/c1-31(2)24-14-7-9-16-26(24)34(5)28(31)20-18-22-12-11-13-23(30(22)33)19-21-29-32(3,4)25-15-8-10-17-27(25)35(29)6/h7-10,14-20,29H,11-13,21H2,1-6H3/q+1/b20-18+,23-19+. The Bertz CT molecular complexity index is 1290. The fourth-order valence-electron chi connectivity index (χ4n) is 6.59. The zero-order chi connectivity index (χ0) is 25.0. The summed E-state index contributed by atoms with van der Waals surface area (Å²) in [6.45, 7) is 9.38. The topological polar surface area (TPSA) is 6.25 Å². The van der Waals surface area contributed by atoms with Crippen LogP contribution in [-0.4, -0.2) is 30.4 Å². The highest BCUT2D eigenvalue weighted by Crippen LogP contribution is 2.46. The van der Waals surface area contributed by atoms with Crippen LogP contribution in [0.1, 0.15) is 64.5 Å². The summed E-state index contributed by atoms with van der Waals surface area (Å²) < 4.78 is 2.33. The van der Waals surface area contributed by atoms with Crippen LogP contribution in [0.25, 0.3) is 0 Å². The highest BCUT2D eigenvalue weighted by molar-refractivity contribution is 6.32. The third-order valence-electron chi connectivity index (χ3n) is 8.71. The third-order valence-corrected chi connectivity index (χ3v) is 9.19. The van der Waals surface area contributed by atoms with E-state index in [1.807, 2.05) is 0 Å². The zero-order valence-electron chi connectivity index (χ0n) is 22.0. The van der Waals surface area contributed by atoms with Crippen molar-refractivity contribution in [2.24, 2.45) is 0 Å². The van der Waals surface area contributed by atoms with Gasteiger partial charge >= 0.3 is 0 Å². The molecule has 182 valence electrons. The average molecular weight is 486 g/mol. The van der Waals surface area contributed by atoms with Crippen molar-refractivity contribution in [3.63, 3.8) is 0 Å². The molecule has 0 aromatic heterocycles. The maximum absolute atomic E-state index is 7.04. The maximum Gasteiger partial charge on any atom is 0.209 e. The number of benzene rings is 2. The van der Waals surface area contributed by atoms with Crippen LogP contribution in [0.2, 0.25) is 0 Å². The minimum atomic E-state index is -0.0180. The molecule has 0 fully saturated rings. The second-order valence-corrected chi connectivity index (χ2v) is 11.8. The van der Waals surface area contributed by atoms with Crippen LogP contribution in [0.3, 0.4) is 0 Å². The number of hydrogen-bond donors (Lipinski definition) is 0. The predicted octanol–water partition coefficient (Wildman–Crippen LogP) is 8.04. The van der Waals surface area contributed by atoms with E-state index in [0.717, 1.165) is 30.7 Å². The molecule has 0 amide bonds. The first-order chi connectivity index (χ1) is 16.6. The summed E-state index contributed by atoms with van der Waals surface area (Å²) in [7, 11) is 4.41. The van der Waals surface area contributed by atoms with Gasteiger partial charge in [0.1, 0.15) is 7.05 Å². The molecule has 2 nitrogen and oxygen atoms in total. The summed E-state index contributed by atoms with van der Waals surface area (Å²) in [5.41, 5.74) is 9.47.